The normalized spacial score (nSPS) is 20.3. The van der Waals surface area contributed by atoms with Gasteiger partial charge < -0.3 is 47.4 Å². The van der Waals surface area contributed by atoms with Gasteiger partial charge in [0, 0.05) is 26.4 Å². The molecule has 1 aliphatic heterocycles. The smallest absolute Gasteiger partial charge is 0.323 e. The zero-order chi connectivity index (χ0) is 32.5. The van der Waals surface area contributed by atoms with Crippen LogP contribution in [-0.4, -0.2) is 130 Å². The molecule has 0 aromatic heterocycles. The summed E-state index contributed by atoms with van der Waals surface area (Å²) in [6.45, 7) is 9.29. The first-order valence-corrected chi connectivity index (χ1v) is 15.5. The molecule has 0 spiro atoms. The number of carbonyl (C=O) groups excluding carboxylic acids is 4. The molecule has 256 valence electrons. The maximum Gasteiger partial charge on any atom is 0.323 e. The highest BCUT2D eigenvalue weighted by Gasteiger charge is 2.49. The van der Waals surface area contributed by atoms with Crippen LogP contribution in [0.15, 0.2) is 0 Å². The van der Waals surface area contributed by atoms with Crippen LogP contribution in [0.25, 0.3) is 0 Å². The summed E-state index contributed by atoms with van der Waals surface area (Å²) in [6.07, 6.45) is 0.197. The van der Waals surface area contributed by atoms with Gasteiger partial charge >= 0.3 is 23.9 Å². The third-order valence-electron chi connectivity index (χ3n) is 6.85. The van der Waals surface area contributed by atoms with E-state index in [0.717, 1.165) is 0 Å². The maximum atomic E-state index is 13.0. The van der Waals surface area contributed by atoms with Gasteiger partial charge in [-0.1, -0.05) is 0 Å². The molecule has 1 saturated heterocycles. The van der Waals surface area contributed by atoms with Crippen molar-refractivity contribution < 1.29 is 66.5 Å². The molecule has 14 nitrogen and oxygen atoms in total. The highest BCUT2D eigenvalue weighted by molar-refractivity contribution is 6.00. The van der Waals surface area contributed by atoms with Crippen molar-refractivity contribution in [3.05, 3.63) is 0 Å². The van der Waals surface area contributed by atoms with Gasteiger partial charge in [0.2, 0.25) is 0 Å². The first-order valence-electron chi connectivity index (χ1n) is 15.5. The molecule has 0 N–H and O–H groups in total. The van der Waals surface area contributed by atoms with E-state index in [1.165, 1.54) is 0 Å². The van der Waals surface area contributed by atoms with Gasteiger partial charge in [-0.3, -0.25) is 19.2 Å². The van der Waals surface area contributed by atoms with Crippen LogP contribution in [0.2, 0.25) is 0 Å². The molecule has 1 fully saturated rings. The standard InChI is InChI=1S/C30H52O14/c1-5-41-25(31)29(26(32)42-6-2)9-13-35-17-21-39-23-19-37-15-11-30(27(33)43-7-3,28(34)44-8-4)12-16-38-20-24-40-22-18-36-14-10-29/h5-24H2,1-4H3. The lowest BCUT2D eigenvalue weighted by Crippen LogP contribution is -2.44. The fraction of sp³-hybridized carbons (Fsp3) is 0.867. The van der Waals surface area contributed by atoms with Crippen LogP contribution in [0.1, 0.15) is 53.4 Å². The summed E-state index contributed by atoms with van der Waals surface area (Å²) in [7, 11) is 0. The van der Waals surface area contributed by atoms with Crippen LogP contribution in [0.5, 0.6) is 0 Å². The van der Waals surface area contributed by atoms with E-state index in [2.05, 4.69) is 0 Å². The predicted molar refractivity (Wildman–Crippen MR) is 155 cm³/mol. The average Bonchev–Trinajstić information content (AvgIpc) is 3.00. The summed E-state index contributed by atoms with van der Waals surface area (Å²) in [4.78, 5) is 51.8. The Morgan fingerprint density at radius 2 is 0.568 bits per heavy atom. The van der Waals surface area contributed by atoms with Gasteiger partial charge in [-0.2, -0.15) is 0 Å². The van der Waals surface area contributed by atoms with Gasteiger partial charge in [-0.15, -0.1) is 0 Å². The van der Waals surface area contributed by atoms with Crippen molar-refractivity contribution in [3.8, 4) is 0 Å². The molecule has 0 amide bonds. The zero-order valence-electron chi connectivity index (χ0n) is 26.9. The summed E-state index contributed by atoms with van der Waals surface area (Å²) < 4.78 is 54.7. The molecule has 0 aromatic rings. The van der Waals surface area contributed by atoms with Gasteiger partial charge in [0.1, 0.15) is 0 Å². The highest BCUT2D eigenvalue weighted by Crippen LogP contribution is 2.32. The zero-order valence-corrected chi connectivity index (χ0v) is 26.9. The molecule has 0 radical (unpaired) electrons. The Bertz CT molecular complexity index is 688. The number of rotatable bonds is 8. The van der Waals surface area contributed by atoms with E-state index in [1.807, 2.05) is 0 Å². The van der Waals surface area contributed by atoms with Gasteiger partial charge in [-0.25, -0.2) is 0 Å². The van der Waals surface area contributed by atoms with Crippen LogP contribution in [0.4, 0.5) is 0 Å². The average molecular weight is 637 g/mol. The predicted octanol–water partition coefficient (Wildman–Crippen LogP) is 1.89. The number of hydrogen-bond donors (Lipinski definition) is 0. The second kappa shape index (κ2) is 23.9. The molecule has 44 heavy (non-hydrogen) atoms. The molecule has 0 atom stereocenters. The van der Waals surface area contributed by atoms with Gasteiger partial charge in [0.15, 0.2) is 10.8 Å². The summed E-state index contributed by atoms with van der Waals surface area (Å²) in [5, 5.41) is 0. The van der Waals surface area contributed by atoms with E-state index in [9.17, 15) is 19.2 Å². The SMILES string of the molecule is CCOC(=O)C1(C(=O)OCC)CCOCCOCCOCCC(C(=O)OCC)(C(=O)OCC)CCOCCOCCOCC1. The second-order valence-electron chi connectivity index (χ2n) is 9.72. The lowest BCUT2D eigenvalue weighted by Gasteiger charge is -2.29. The van der Waals surface area contributed by atoms with E-state index in [-0.39, 0.29) is 131 Å². The maximum absolute atomic E-state index is 13.0. The van der Waals surface area contributed by atoms with Crippen molar-refractivity contribution in [3.63, 3.8) is 0 Å². The quantitative estimate of drug-likeness (QED) is 0.216. The molecule has 0 aromatic carbocycles. The van der Waals surface area contributed by atoms with Crippen LogP contribution in [-0.2, 0) is 66.5 Å². The van der Waals surface area contributed by atoms with Gasteiger partial charge in [-0.05, 0) is 53.4 Å². The first-order chi connectivity index (χ1) is 21.3. The van der Waals surface area contributed by atoms with Crippen LogP contribution in [0, 0.1) is 10.8 Å². The molecule has 1 heterocycles. The summed E-state index contributed by atoms with van der Waals surface area (Å²) in [5.74, 6) is -2.71. The molecule has 1 aliphatic rings. The van der Waals surface area contributed by atoms with Crippen LogP contribution >= 0.6 is 0 Å². The Hall–Kier alpha value is -2.36. The minimum Gasteiger partial charge on any atom is -0.465 e. The fourth-order valence-electron chi connectivity index (χ4n) is 4.38. The summed E-state index contributed by atoms with van der Waals surface area (Å²) in [6, 6.07) is 0. The molecular weight excluding hydrogens is 584 g/mol. The monoisotopic (exact) mass is 636 g/mol. The molecule has 0 aliphatic carbocycles. The van der Waals surface area contributed by atoms with Crippen molar-refractivity contribution >= 4 is 23.9 Å². The Labute approximate surface area is 260 Å². The van der Waals surface area contributed by atoms with E-state index in [0.29, 0.717) is 0 Å². The van der Waals surface area contributed by atoms with Crippen molar-refractivity contribution in [1.29, 1.82) is 0 Å². The lowest BCUT2D eigenvalue weighted by molar-refractivity contribution is -0.177. The number of hydrogen-bond acceptors (Lipinski definition) is 14. The number of esters is 4. The fourth-order valence-corrected chi connectivity index (χ4v) is 4.38. The highest BCUT2D eigenvalue weighted by atomic mass is 16.6. The minimum atomic E-state index is -1.56. The Kier molecular flexibility index (Phi) is 21.6. The number of carbonyl (C=O) groups is 4. The summed E-state index contributed by atoms with van der Waals surface area (Å²) >= 11 is 0. The third kappa shape index (κ3) is 13.7. The van der Waals surface area contributed by atoms with Crippen LogP contribution < -0.4 is 0 Å². The third-order valence-corrected chi connectivity index (χ3v) is 6.85. The Morgan fingerprint density at radius 1 is 0.386 bits per heavy atom. The van der Waals surface area contributed by atoms with Crippen molar-refractivity contribution in [2.75, 3.05) is 106 Å². The van der Waals surface area contributed by atoms with Crippen LogP contribution in [0.3, 0.4) is 0 Å². The second-order valence-corrected chi connectivity index (χ2v) is 9.72. The topological polar surface area (TPSA) is 161 Å². The van der Waals surface area contributed by atoms with E-state index in [4.69, 9.17) is 47.4 Å². The first kappa shape index (κ1) is 39.7. The van der Waals surface area contributed by atoms with Gasteiger partial charge in [0.05, 0.1) is 79.3 Å². The summed E-state index contributed by atoms with van der Waals surface area (Å²) in [5.41, 5.74) is -3.13. The van der Waals surface area contributed by atoms with E-state index >= 15 is 0 Å². The molecule has 1 rings (SSSR count). The van der Waals surface area contributed by atoms with Crippen molar-refractivity contribution in [1.82, 2.24) is 0 Å². The minimum absolute atomic E-state index is 0.0493. The van der Waals surface area contributed by atoms with E-state index in [1.54, 1.807) is 27.7 Å². The lowest BCUT2D eigenvalue weighted by atomic mass is 9.81. The van der Waals surface area contributed by atoms with Crippen molar-refractivity contribution in [2.45, 2.75) is 53.4 Å². The molecule has 14 heteroatoms. The molecule has 0 bridgehead atoms. The number of ether oxygens (including phenoxy) is 10. The Balaban J connectivity index is 2.88. The molecule has 0 unspecified atom stereocenters. The van der Waals surface area contributed by atoms with E-state index < -0.39 is 34.7 Å². The largest absolute Gasteiger partial charge is 0.465 e. The Morgan fingerprint density at radius 3 is 0.750 bits per heavy atom. The van der Waals surface area contributed by atoms with Crippen molar-refractivity contribution in [2.24, 2.45) is 10.8 Å². The molecular formula is C30H52O14. The van der Waals surface area contributed by atoms with Gasteiger partial charge in [0.25, 0.3) is 0 Å². The molecule has 0 saturated carbocycles.